The SMILES string of the molecule is COc1ccc(Cl)c(C(N)=NO)c1. The summed E-state index contributed by atoms with van der Waals surface area (Å²) in [5, 5.41) is 11.7. The number of hydrogen-bond donors (Lipinski definition) is 2. The standard InChI is InChI=1S/C8H9ClN2O2/c1-13-5-2-3-7(9)6(4-5)8(10)11-12/h2-4,12H,1H3,(H2,10,11). The summed E-state index contributed by atoms with van der Waals surface area (Å²) < 4.78 is 4.95. The van der Waals surface area contributed by atoms with E-state index in [0.29, 0.717) is 16.3 Å². The number of nitrogens with zero attached hydrogens (tertiary/aromatic N) is 1. The molecule has 13 heavy (non-hydrogen) atoms. The number of oxime groups is 1. The van der Waals surface area contributed by atoms with Gasteiger partial charge in [-0.05, 0) is 18.2 Å². The minimum absolute atomic E-state index is 0.0381. The average molecular weight is 201 g/mol. The molecule has 5 heteroatoms. The Morgan fingerprint density at radius 1 is 1.62 bits per heavy atom. The van der Waals surface area contributed by atoms with Crippen molar-refractivity contribution in [3.8, 4) is 5.75 Å². The Morgan fingerprint density at radius 2 is 2.31 bits per heavy atom. The number of methoxy groups -OCH3 is 1. The predicted octanol–water partition coefficient (Wildman–Crippen LogP) is 1.44. The first-order valence-corrected chi connectivity index (χ1v) is 3.88. The van der Waals surface area contributed by atoms with Crippen LogP contribution >= 0.6 is 11.6 Å². The molecule has 0 aliphatic carbocycles. The van der Waals surface area contributed by atoms with Crippen molar-refractivity contribution in [1.82, 2.24) is 0 Å². The van der Waals surface area contributed by atoms with E-state index < -0.39 is 0 Å². The molecule has 0 amide bonds. The maximum absolute atomic E-state index is 8.44. The highest BCUT2D eigenvalue weighted by Gasteiger charge is 2.06. The Bertz CT molecular complexity index is 339. The van der Waals surface area contributed by atoms with Crippen LogP contribution in [0.15, 0.2) is 23.4 Å². The Kier molecular flexibility index (Phi) is 2.97. The third-order valence-corrected chi connectivity index (χ3v) is 1.89. The first kappa shape index (κ1) is 9.67. The highest BCUT2D eigenvalue weighted by atomic mass is 35.5. The maximum atomic E-state index is 8.44. The molecule has 1 aromatic rings. The van der Waals surface area contributed by atoms with E-state index in [0.717, 1.165) is 0 Å². The second-order valence-electron chi connectivity index (χ2n) is 2.33. The van der Waals surface area contributed by atoms with Gasteiger partial charge in [-0.25, -0.2) is 0 Å². The molecule has 0 unspecified atom stereocenters. The molecule has 0 fully saturated rings. The lowest BCUT2D eigenvalue weighted by Crippen LogP contribution is -2.13. The van der Waals surface area contributed by atoms with Crippen molar-refractivity contribution in [2.24, 2.45) is 10.9 Å². The molecule has 0 saturated carbocycles. The summed E-state index contributed by atoms with van der Waals surface area (Å²) in [5.74, 6) is 0.565. The molecule has 4 nitrogen and oxygen atoms in total. The van der Waals surface area contributed by atoms with E-state index >= 15 is 0 Å². The lowest BCUT2D eigenvalue weighted by Gasteiger charge is -2.04. The van der Waals surface area contributed by atoms with Crippen molar-refractivity contribution in [1.29, 1.82) is 0 Å². The minimum Gasteiger partial charge on any atom is -0.497 e. The van der Waals surface area contributed by atoms with Crippen LogP contribution in [0.1, 0.15) is 5.56 Å². The van der Waals surface area contributed by atoms with Gasteiger partial charge in [0.2, 0.25) is 0 Å². The Hall–Kier alpha value is -1.42. The molecule has 3 N–H and O–H groups in total. The molecule has 0 bridgehead atoms. The third kappa shape index (κ3) is 2.03. The van der Waals surface area contributed by atoms with Crippen LogP contribution in [0.2, 0.25) is 5.02 Å². The van der Waals surface area contributed by atoms with Crippen LogP contribution < -0.4 is 10.5 Å². The predicted molar refractivity (Wildman–Crippen MR) is 50.5 cm³/mol. The second-order valence-corrected chi connectivity index (χ2v) is 2.74. The van der Waals surface area contributed by atoms with Crippen molar-refractivity contribution in [3.05, 3.63) is 28.8 Å². The largest absolute Gasteiger partial charge is 0.497 e. The third-order valence-electron chi connectivity index (χ3n) is 1.56. The normalized spacial score (nSPS) is 11.4. The van der Waals surface area contributed by atoms with E-state index in [1.54, 1.807) is 18.2 Å². The van der Waals surface area contributed by atoms with Crippen molar-refractivity contribution in [3.63, 3.8) is 0 Å². The molecule has 0 atom stereocenters. The Labute approximate surface area is 80.6 Å². The highest BCUT2D eigenvalue weighted by molar-refractivity contribution is 6.34. The fourth-order valence-corrected chi connectivity index (χ4v) is 1.10. The number of hydrogen-bond acceptors (Lipinski definition) is 3. The minimum atomic E-state index is -0.0381. The van der Waals surface area contributed by atoms with Crippen LogP contribution in [0, 0.1) is 0 Å². The van der Waals surface area contributed by atoms with E-state index in [2.05, 4.69) is 5.16 Å². The molecule has 0 spiro atoms. The molecule has 0 radical (unpaired) electrons. The molecule has 0 aliphatic heterocycles. The summed E-state index contributed by atoms with van der Waals surface area (Å²) >= 11 is 5.80. The van der Waals surface area contributed by atoms with E-state index in [-0.39, 0.29) is 5.84 Å². The Morgan fingerprint density at radius 3 is 2.85 bits per heavy atom. The summed E-state index contributed by atoms with van der Waals surface area (Å²) in [5.41, 5.74) is 5.83. The highest BCUT2D eigenvalue weighted by Crippen LogP contribution is 2.21. The lowest BCUT2D eigenvalue weighted by atomic mass is 10.2. The number of rotatable bonds is 2. The zero-order valence-electron chi connectivity index (χ0n) is 6.99. The topological polar surface area (TPSA) is 67.8 Å². The average Bonchev–Trinajstić information content (AvgIpc) is 2.17. The molecule has 1 rings (SSSR count). The van der Waals surface area contributed by atoms with Gasteiger partial charge in [0.15, 0.2) is 5.84 Å². The van der Waals surface area contributed by atoms with Crippen molar-refractivity contribution < 1.29 is 9.94 Å². The van der Waals surface area contributed by atoms with E-state index in [4.69, 9.17) is 27.3 Å². The van der Waals surface area contributed by atoms with Crippen molar-refractivity contribution in [2.45, 2.75) is 0 Å². The van der Waals surface area contributed by atoms with Gasteiger partial charge in [0, 0.05) is 5.56 Å². The molecule has 1 aromatic carbocycles. The van der Waals surface area contributed by atoms with E-state index in [9.17, 15) is 0 Å². The molecule has 70 valence electrons. The van der Waals surface area contributed by atoms with Gasteiger partial charge < -0.3 is 15.7 Å². The Balaban J connectivity index is 3.19. The number of benzene rings is 1. The number of ether oxygens (including phenoxy) is 1. The van der Waals surface area contributed by atoms with E-state index in [1.165, 1.54) is 7.11 Å². The lowest BCUT2D eigenvalue weighted by molar-refractivity contribution is 0.318. The zero-order chi connectivity index (χ0) is 9.84. The van der Waals surface area contributed by atoms with Gasteiger partial charge in [-0.2, -0.15) is 0 Å². The molecule has 0 heterocycles. The van der Waals surface area contributed by atoms with Gasteiger partial charge in [0.25, 0.3) is 0 Å². The van der Waals surface area contributed by atoms with Crippen molar-refractivity contribution >= 4 is 17.4 Å². The monoisotopic (exact) mass is 200 g/mol. The summed E-state index contributed by atoms with van der Waals surface area (Å²) in [4.78, 5) is 0. The van der Waals surface area contributed by atoms with Crippen LogP contribution in [0.5, 0.6) is 5.75 Å². The summed E-state index contributed by atoms with van der Waals surface area (Å²) in [7, 11) is 1.53. The number of amidine groups is 1. The smallest absolute Gasteiger partial charge is 0.171 e. The summed E-state index contributed by atoms with van der Waals surface area (Å²) in [6.07, 6.45) is 0. The van der Waals surface area contributed by atoms with Gasteiger partial charge in [-0.1, -0.05) is 16.8 Å². The first-order chi connectivity index (χ1) is 6.19. The van der Waals surface area contributed by atoms with Crippen LogP contribution in [0.4, 0.5) is 0 Å². The van der Waals surface area contributed by atoms with E-state index in [1.807, 2.05) is 0 Å². The molecule has 0 saturated heterocycles. The first-order valence-electron chi connectivity index (χ1n) is 3.50. The fraction of sp³-hybridized carbons (Fsp3) is 0.125. The summed E-state index contributed by atoms with van der Waals surface area (Å²) in [6.45, 7) is 0. The molecule has 0 aliphatic rings. The second kappa shape index (κ2) is 4.00. The molecular formula is C8H9ClN2O2. The number of halogens is 1. The molecular weight excluding hydrogens is 192 g/mol. The van der Waals surface area contributed by atoms with Crippen molar-refractivity contribution in [2.75, 3.05) is 7.11 Å². The van der Waals surface area contributed by atoms with Crippen LogP contribution in [-0.2, 0) is 0 Å². The van der Waals surface area contributed by atoms with Gasteiger partial charge in [0.05, 0.1) is 12.1 Å². The molecule has 0 aromatic heterocycles. The van der Waals surface area contributed by atoms with Gasteiger partial charge in [-0.3, -0.25) is 0 Å². The van der Waals surface area contributed by atoms with Crippen LogP contribution in [0.3, 0.4) is 0 Å². The quantitative estimate of drug-likeness (QED) is 0.329. The fourth-order valence-electron chi connectivity index (χ4n) is 0.882. The maximum Gasteiger partial charge on any atom is 0.171 e. The van der Waals surface area contributed by atoms with Gasteiger partial charge in [-0.15, -0.1) is 0 Å². The number of nitrogens with two attached hydrogens (primary N) is 1. The van der Waals surface area contributed by atoms with Crippen LogP contribution in [0.25, 0.3) is 0 Å². The van der Waals surface area contributed by atoms with Crippen LogP contribution in [-0.4, -0.2) is 18.2 Å². The van der Waals surface area contributed by atoms with Gasteiger partial charge >= 0.3 is 0 Å². The summed E-state index contributed by atoms with van der Waals surface area (Å²) in [6, 6.07) is 4.90. The zero-order valence-corrected chi connectivity index (χ0v) is 7.75. The van der Waals surface area contributed by atoms with Gasteiger partial charge in [0.1, 0.15) is 5.75 Å².